The molecule has 0 atom stereocenters. The van der Waals surface area contributed by atoms with E-state index in [-0.39, 0.29) is 11.8 Å². The third-order valence-electron chi connectivity index (χ3n) is 6.43. The van der Waals surface area contributed by atoms with Crippen LogP contribution in [0.4, 0.5) is 0 Å². The van der Waals surface area contributed by atoms with E-state index in [1.54, 1.807) is 0 Å². The molecule has 164 valence electrons. The van der Waals surface area contributed by atoms with E-state index < -0.39 is 5.41 Å². The monoisotopic (exact) mass is 426 g/mol. The number of nitrogens with one attached hydrogen (secondary N) is 1. The molecule has 0 aromatic heterocycles. The fraction of sp³-hybridized carbons (Fsp3) is 0.286. The van der Waals surface area contributed by atoms with Gasteiger partial charge in [-0.2, -0.15) is 0 Å². The van der Waals surface area contributed by atoms with Gasteiger partial charge in [-0.3, -0.25) is 9.59 Å². The molecule has 3 aromatic rings. The van der Waals surface area contributed by atoms with Gasteiger partial charge in [0.1, 0.15) is 0 Å². The van der Waals surface area contributed by atoms with E-state index in [2.05, 4.69) is 17.4 Å². The summed E-state index contributed by atoms with van der Waals surface area (Å²) < 4.78 is 0. The normalized spacial score (nSPS) is 15.2. The first kappa shape index (κ1) is 21.8. The van der Waals surface area contributed by atoms with Gasteiger partial charge in [0.2, 0.25) is 11.8 Å². The second kappa shape index (κ2) is 10.3. The molecular formula is C28H30N2O2. The number of hydrogen-bond acceptors (Lipinski definition) is 2. The van der Waals surface area contributed by atoms with Crippen LogP contribution in [0.2, 0.25) is 0 Å². The number of amides is 2. The van der Waals surface area contributed by atoms with Crippen LogP contribution in [0.3, 0.4) is 0 Å². The van der Waals surface area contributed by atoms with E-state index in [4.69, 9.17) is 0 Å². The number of nitrogens with zero attached hydrogens (tertiary/aromatic N) is 1. The van der Waals surface area contributed by atoms with Crippen LogP contribution in [0.5, 0.6) is 0 Å². The predicted molar refractivity (Wildman–Crippen MR) is 127 cm³/mol. The zero-order valence-electron chi connectivity index (χ0n) is 18.4. The van der Waals surface area contributed by atoms with Crippen molar-refractivity contribution in [3.8, 4) is 0 Å². The Labute approximate surface area is 190 Å². The van der Waals surface area contributed by atoms with Gasteiger partial charge in [0.25, 0.3) is 0 Å². The molecule has 0 unspecified atom stereocenters. The second-order valence-corrected chi connectivity index (χ2v) is 8.65. The van der Waals surface area contributed by atoms with Crippen LogP contribution in [-0.4, -0.2) is 29.8 Å². The average molecular weight is 427 g/mol. The molecule has 1 saturated heterocycles. The standard InChI is InChI=1S/C28H30N2O2/c31-26(20-23-10-4-1-5-11-23)30-18-16-28(17-19-30,21-24-12-6-2-7-13-24)27(32)29-22-25-14-8-3-9-15-25/h1-15H,16-22H2,(H,29,32). The summed E-state index contributed by atoms with van der Waals surface area (Å²) in [5, 5.41) is 3.17. The van der Waals surface area contributed by atoms with Crippen molar-refractivity contribution in [2.24, 2.45) is 5.41 Å². The van der Waals surface area contributed by atoms with Gasteiger partial charge in [-0.15, -0.1) is 0 Å². The maximum atomic E-state index is 13.5. The Hall–Kier alpha value is -3.40. The van der Waals surface area contributed by atoms with Gasteiger partial charge >= 0.3 is 0 Å². The number of carbonyl (C=O) groups is 2. The number of benzene rings is 3. The zero-order chi connectivity index (χ0) is 22.2. The summed E-state index contributed by atoms with van der Waals surface area (Å²) >= 11 is 0. The van der Waals surface area contributed by atoms with Crippen molar-refractivity contribution < 1.29 is 9.59 Å². The van der Waals surface area contributed by atoms with Gasteiger partial charge in [-0.1, -0.05) is 91.0 Å². The summed E-state index contributed by atoms with van der Waals surface area (Å²) in [5.74, 6) is 0.217. The van der Waals surface area contributed by atoms with E-state index in [1.807, 2.05) is 83.8 Å². The molecule has 4 nitrogen and oxygen atoms in total. The average Bonchev–Trinajstić information content (AvgIpc) is 2.85. The lowest BCUT2D eigenvalue weighted by atomic mass is 9.72. The molecule has 2 amide bonds. The first-order valence-electron chi connectivity index (χ1n) is 11.3. The topological polar surface area (TPSA) is 49.4 Å². The molecule has 1 heterocycles. The minimum atomic E-state index is -0.500. The van der Waals surface area contributed by atoms with Gasteiger partial charge in [0.15, 0.2) is 0 Å². The molecule has 1 N–H and O–H groups in total. The minimum absolute atomic E-state index is 0.0837. The SMILES string of the molecule is O=C(Cc1ccccc1)N1CCC(Cc2ccccc2)(C(=O)NCc2ccccc2)CC1. The molecule has 0 spiro atoms. The van der Waals surface area contributed by atoms with Crippen LogP contribution in [-0.2, 0) is 29.0 Å². The highest BCUT2D eigenvalue weighted by molar-refractivity contribution is 5.84. The number of hydrogen-bond donors (Lipinski definition) is 1. The highest BCUT2D eigenvalue weighted by atomic mass is 16.2. The van der Waals surface area contributed by atoms with Crippen molar-refractivity contribution in [3.63, 3.8) is 0 Å². The fourth-order valence-electron chi connectivity index (χ4n) is 4.50. The van der Waals surface area contributed by atoms with E-state index >= 15 is 0 Å². The Morgan fingerprint density at radius 1 is 0.719 bits per heavy atom. The smallest absolute Gasteiger partial charge is 0.226 e. The zero-order valence-corrected chi connectivity index (χ0v) is 18.4. The van der Waals surface area contributed by atoms with Crippen LogP contribution < -0.4 is 5.32 Å². The quantitative estimate of drug-likeness (QED) is 0.609. The van der Waals surface area contributed by atoms with Crippen LogP contribution in [0.15, 0.2) is 91.0 Å². The van der Waals surface area contributed by atoms with E-state index in [0.717, 1.165) is 16.7 Å². The molecule has 1 fully saturated rings. The van der Waals surface area contributed by atoms with Crippen LogP contribution in [0.25, 0.3) is 0 Å². The summed E-state index contributed by atoms with van der Waals surface area (Å²) in [6.07, 6.45) is 2.44. The molecule has 0 bridgehead atoms. The van der Waals surface area contributed by atoms with E-state index in [0.29, 0.717) is 45.3 Å². The first-order valence-corrected chi connectivity index (χ1v) is 11.3. The van der Waals surface area contributed by atoms with Crippen molar-refractivity contribution in [1.82, 2.24) is 10.2 Å². The fourth-order valence-corrected chi connectivity index (χ4v) is 4.50. The molecule has 1 aliphatic rings. The van der Waals surface area contributed by atoms with Crippen molar-refractivity contribution in [3.05, 3.63) is 108 Å². The molecule has 4 rings (SSSR count). The maximum absolute atomic E-state index is 13.5. The summed E-state index contributed by atoms with van der Waals surface area (Å²) in [6.45, 7) is 1.74. The molecule has 0 radical (unpaired) electrons. The highest BCUT2D eigenvalue weighted by Crippen LogP contribution is 2.36. The maximum Gasteiger partial charge on any atom is 0.226 e. The lowest BCUT2D eigenvalue weighted by Crippen LogP contribution is -2.51. The molecule has 3 aromatic carbocycles. The highest BCUT2D eigenvalue weighted by Gasteiger charge is 2.42. The number of carbonyl (C=O) groups excluding carboxylic acids is 2. The molecular weight excluding hydrogens is 396 g/mol. The number of likely N-dealkylation sites (tertiary alicyclic amines) is 1. The summed E-state index contributed by atoms with van der Waals surface area (Å²) in [7, 11) is 0. The molecule has 0 saturated carbocycles. The summed E-state index contributed by atoms with van der Waals surface area (Å²) in [6, 6.07) is 30.0. The molecule has 32 heavy (non-hydrogen) atoms. The van der Waals surface area contributed by atoms with Gasteiger partial charge in [-0.05, 0) is 36.0 Å². The molecule has 0 aliphatic carbocycles. The third kappa shape index (κ3) is 5.44. The first-order chi connectivity index (χ1) is 15.6. The number of piperidine rings is 1. The Morgan fingerprint density at radius 2 is 1.22 bits per heavy atom. The Kier molecular flexibility index (Phi) is 7.00. The Balaban J connectivity index is 1.44. The van der Waals surface area contributed by atoms with Crippen molar-refractivity contribution >= 4 is 11.8 Å². The van der Waals surface area contributed by atoms with Crippen molar-refractivity contribution in [2.75, 3.05) is 13.1 Å². The lowest BCUT2D eigenvalue weighted by Gasteiger charge is -2.41. The van der Waals surface area contributed by atoms with Crippen LogP contribution in [0.1, 0.15) is 29.5 Å². The van der Waals surface area contributed by atoms with Gasteiger partial charge in [0, 0.05) is 19.6 Å². The predicted octanol–water partition coefficient (Wildman–Crippen LogP) is 4.40. The largest absolute Gasteiger partial charge is 0.352 e. The van der Waals surface area contributed by atoms with E-state index in [1.165, 1.54) is 0 Å². The Bertz CT molecular complexity index is 1010. The van der Waals surface area contributed by atoms with Gasteiger partial charge in [-0.25, -0.2) is 0 Å². The molecule has 4 heteroatoms. The van der Waals surface area contributed by atoms with Crippen molar-refractivity contribution in [1.29, 1.82) is 0 Å². The summed E-state index contributed by atoms with van der Waals surface area (Å²) in [5.41, 5.74) is 2.77. The van der Waals surface area contributed by atoms with E-state index in [9.17, 15) is 9.59 Å². The van der Waals surface area contributed by atoms with Gasteiger partial charge in [0.05, 0.1) is 11.8 Å². The molecule has 1 aliphatic heterocycles. The van der Waals surface area contributed by atoms with Crippen molar-refractivity contribution in [2.45, 2.75) is 32.2 Å². The third-order valence-corrected chi connectivity index (χ3v) is 6.43. The second-order valence-electron chi connectivity index (χ2n) is 8.65. The minimum Gasteiger partial charge on any atom is -0.352 e. The van der Waals surface area contributed by atoms with Gasteiger partial charge < -0.3 is 10.2 Å². The van der Waals surface area contributed by atoms with Crippen LogP contribution >= 0.6 is 0 Å². The lowest BCUT2D eigenvalue weighted by molar-refractivity contribution is -0.140. The summed E-state index contributed by atoms with van der Waals surface area (Å²) in [4.78, 5) is 28.2. The Morgan fingerprint density at radius 3 is 1.78 bits per heavy atom. The number of rotatable bonds is 7. The van der Waals surface area contributed by atoms with Crippen LogP contribution in [0, 0.1) is 5.41 Å².